The summed E-state index contributed by atoms with van der Waals surface area (Å²) in [6.45, 7) is 7.45. The number of anilines is 1. The molecule has 1 unspecified atom stereocenters. The van der Waals surface area contributed by atoms with Crippen molar-refractivity contribution in [1.29, 1.82) is 0 Å². The molecule has 2 fully saturated rings. The lowest BCUT2D eigenvalue weighted by atomic mass is 10.2. The summed E-state index contributed by atoms with van der Waals surface area (Å²) >= 11 is 0. The van der Waals surface area contributed by atoms with Crippen LogP contribution < -0.4 is 15.0 Å². The molecule has 1 atom stereocenters. The molecule has 2 aliphatic rings. The molecule has 1 aromatic rings. The van der Waals surface area contributed by atoms with Gasteiger partial charge in [-0.2, -0.15) is 0 Å². The Labute approximate surface area is 127 Å². The van der Waals surface area contributed by atoms with E-state index < -0.39 is 0 Å². The Morgan fingerprint density at radius 3 is 2.86 bits per heavy atom. The highest BCUT2D eigenvalue weighted by Crippen LogP contribution is 2.34. The van der Waals surface area contributed by atoms with Gasteiger partial charge in [-0.05, 0) is 64.1 Å². The quantitative estimate of drug-likeness (QED) is 0.837. The number of hydrogen-bond acceptors (Lipinski definition) is 4. The maximum atomic E-state index is 5.97. The Hall–Kier alpha value is -1.29. The zero-order valence-electron chi connectivity index (χ0n) is 13.2. The predicted octanol–water partition coefficient (Wildman–Crippen LogP) is 2.84. The van der Waals surface area contributed by atoms with Crippen LogP contribution in [0.5, 0.6) is 5.75 Å². The second-order valence-corrected chi connectivity index (χ2v) is 6.63. The molecule has 0 spiro atoms. The van der Waals surface area contributed by atoms with Crippen LogP contribution in [0.1, 0.15) is 39.5 Å². The molecule has 0 radical (unpaired) electrons. The monoisotopic (exact) mass is 289 g/mol. The largest absolute Gasteiger partial charge is 0.487 e. The molecule has 116 valence electrons. The van der Waals surface area contributed by atoms with Crippen LogP contribution in [-0.2, 0) is 0 Å². The van der Waals surface area contributed by atoms with Crippen molar-refractivity contribution in [2.24, 2.45) is 5.92 Å². The third-order valence-electron chi connectivity index (χ3n) is 4.19. The summed E-state index contributed by atoms with van der Waals surface area (Å²) in [5.74, 6) is 2.79. The fourth-order valence-corrected chi connectivity index (χ4v) is 3.00. The Morgan fingerprint density at radius 1 is 1.33 bits per heavy atom. The second-order valence-electron chi connectivity index (χ2n) is 6.63. The summed E-state index contributed by atoms with van der Waals surface area (Å²) in [7, 11) is 0. The van der Waals surface area contributed by atoms with E-state index in [1.54, 1.807) is 0 Å². The number of nitrogens with zero attached hydrogens (tertiary/aromatic N) is 2. The van der Waals surface area contributed by atoms with E-state index in [0.29, 0.717) is 6.04 Å². The molecule has 2 heterocycles. The fourth-order valence-electron chi connectivity index (χ4n) is 3.00. The average molecular weight is 289 g/mol. The minimum atomic E-state index is 0.181. The van der Waals surface area contributed by atoms with Gasteiger partial charge >= 0.3 is 0 Å². The third-order valence-corrected chi connectivity index (χ3v) is 4.19. The lowest BCUT2D eigenvalue weighted by Crippen LogP contribution is -2.39. The Kier molecular flexibility index (Phi) is 4.63. The molecule has 1 aromatic heterocycles. The molecular formula is C17H27N3O. The first-order valence-electron chi connectivity index (χ1n) is 8.32. The van der Waals surface area contributed by atoms with Gasteiger partial charge in [0.1, 0.15) is 0 Å². The molecule has 4 heteroatoms. The number of ether oxygens (including phenoxy) is 1. The topological polar surface area (TPSA) is 37.4 Å². The molecule has 3 rings (SSSR count). The number of aromatic nitrogens is 1. The van der Waals surface area contributed by atoms with E-state index in [9.17, 15) is 0 Å². The average Bonchev–Trinajstić information content (AvgIpc) is 3.12. The lowest BCUT2D eigenvalue weighted by molar-refractivity contribution is 0.241. The van der Waals surface area contributed by atoms with Gasteiger partial charge in [-0.1, -0.05) is 0 Å². The Bertz CT molecular complexity index is 453. The number of rotatable bonds is 7. The first-order chi connectivity index (χ1) is 10.2. The second kappa shape index (κ2) is 6.65. The van der Waals surface area contributed by atoms with Gasteiger partial charge in [0.15, 0.2) is 11.6 Å². The van der Waals surface area contributed by atoms with Crippen LogP contribution in [-0.4, -0.2) is 36.8 Å². The number of hydrogen-bond donors (Lipinski definition) is 1. The highest BCUT2D eigenvalue weighted by Gasteiger charge is 2.28. The number of nitrogens with one attached hydrogen (secondary N) is 1. The van der Waals surface area contributed by atoms with Gasteiger partial charge in [0, 0.05) is 25.3 Å². The molecule has 0 amide bonds. The van der Waals surface area contributed by atoms with Crippen LogP contribution in [0.25, 0.3) is 0 Å². The van der Waals surface area contributed by atoms with E-state index in [1.807, 2.05) is 18.3 Å². The smallest absolute Gasteiger partial charge is 0.171 e. The van der Waals surface area contributed by atoms with Crippen molar-refractivity contribution >= 4 is 5.82 Å². The maximum Gasteiger partial charge on any atom is 0.171 e. The summed E-state index contributed by atoms with van der Waals surface area (Å²) in [6, 6.07) is 4.60. The molecule has 0 aromatic carbocycles. The zero-order valence-corrected chi connectivity index (χ0v) is 13.2. The van der Waals surface area contributed by atoms with Crippen molar-refractivity contribution < 1.29 is 4.74 Å². The van der Waals surface area contributed by atoms with E-state index in [2.05, 4.69) is 29.0 Å². The van der Waals surface area contributed by atoms with Crippen molar-refractivity contribution in [2.45, 2.75) is 51.7 Å². The first-order valence-corrected chi connectivity index (χ1v) is 8.32. The van der Waals surface area contributed by atoms with Crippen LogP contribution in [0, 0.1) is 5.92 Å². The van der Waals surface area contributed by atoms with Gasteiger partial charge in [0.05, 0.1) is 6.10 Å². The molecule has 1 saturated carbocycles. The number of pyridine rings is 1. The zero-order chi connectivity index (χ0) is 14.7. The minimum absolute atomic E-state index is 0.181. The fraction of sp³-hybridized carbons (Fsp3) is 0.706. The summed E-state index contributed by atoms with van der Waals surface area (Å²) in [5.41, 5.74) is 0. The molecule has 21 heavy (non-hydrogen) atoms. The van der Waals surface area contributed by atoms with Gasteiger partial charge in [-0.3, -0.25) is 0 Å². The van der Waals surface area contributed by atoms with Crippen molar-refractivity contribution in [3.8, 4) is 5.75 Å². The predicted molar refractivity (Wildman–Crippen MR) is 86.0 cm³/mol. The third kappa shape index (κ3) is 4.10. The van der Waals surface area contributed by atoms with E-state index in [4.69, 9.17) is 4.74 Å². The van der Waals surface area contributed by atoms with Crippen LogP contribution in [0.2, 0.25) is 0 Å². The van der Waals surface area contributed by atoms with Crippen molar-refractivity contribution in [1.82, 2.24) is 10.3 Å². The van der Waals surface area contributed by atoms with Crippen LogP contribution in [0.3, 0.4) is 0 Å². The Balaban J connectivity index is 1.76. The lowest BCUT2D eigenvalue weighted by Gasteiger charge is -2.28. The van der Waals surface area contributed by atoms with E-state index >= 15 is 0 Å². The molecule has 1 saturated heterocycles. The minimum Gasteiger partial charge on any atom is -0.487 e. The van der Waals surface area contributed by atoms with Crippen LogP contribution >= 0.6 is 0 Å². The van der Waals surface area contributed by atoms with Crippen molar-refractivity contribution in [3.05, 3.63) is 18.3 Å². The maximum absolute atomic E-state index is 5.97. The normalized spacial score (nSPS) is 21.8. The Morgan fingerprint density at radius 2 is 2.19 bits per heavy atom. The van der Waals surface area contributed by atoms with Gasteiger partial charge < -0.3 is 15.0 Å². The van der Waals surface area contributed by atoms with Gasteiger partial charge in [0.2, 0.25) is 0 Å². The van der Waals surface area contributed by atoms with Crippen molar-refractivity contribution in [2.75, 3.05) is 24.5 Å². The van der Waals surface area contributed by atoms with Crippen LogP contribution in [0.15, 0.2) is 18.3 Å². The highest BCUT2D eigenvalue weighted by atomic mass is 16.5. The molecule has 4 nitrogen and oxygen atoms in total. The molecular weight excluding hydrogens is 262 g/mol. The van der Waals surface area contributed by atoms with E-state index in [-0.39, 0.29) is 6.10 Å². The van der Waals surface area contributed by atoms with Crippen molar-refractivity contribution in [3.63, 3.8) is 0 Å². The summed E-state index contributed by atoms with van der Waals surface area (Å²) < 4.78 is 5.97. The molecule has 1 aliphatic heterocycles. The van der Waals surface area contributed by atoms with Gasteiger partial charge in [0.25, 0.3) is 0 Å². The van der Waals surface area contributed by atoms with Gasteiger partial charge in [-0.15, -0.1) is 0 Å². The van der Waals surface area contributed by atoms with Gasteiger partial charge in [-0.25, -0.2) is 4.98 Å². The summed E-state index contributed by atoms with van der Waals surface area (Å²) in [6.07, 6.45) is 7.35. The molecule has 1 N–H and O–H groups in total. The standard InChI is InChI=1S/C17H27N3O/c1-13(2)21-16-6-4-10-19-17(16)20(11-14-7-8-14)12-15-5-3-9-18-15/h4,6,10,13-15,18H,3,5,7-9,11-12H2,1-2H3. The first kappa shape index (κ1) is 14.6. The SMILES string of the molecule is CC(C)Oc1cccnc1N(CC1CC1)CC1CCCN1. The van der Waals surface area contributed by atoms with E-state index in [1.165, 1.54) is 25.7 Å². The summed E-state index contributed by atoms with van der Waals surface area (Å²) in [5, 5.41) is 3.60. The molecule has 0 bridgehead atoms. The van der Waals surface area contributed by atoms with Crippen LogP contribution in [0.4, 0.5) is 5.82 Å². The highest BCUT2D eigenvalue weighted by molar-refractivity contribution is 5.52. The van der Waals surface area contributed by atoms with E-state index in [0.717, 1.165) is 37.1 Å². The molecule has 1 aliphatic carbocycles. The summed E-state index contributed by atoms with van der Waals surface area (Å²) in [4.78, 5) is 7.07.